The molecule has 2 aromatic rings. The first-order valence-electron chi connectivity index (χ1n) is 7.92. The molecule has 0 saturated carbocycles. The second-order valence-corrected chi connectivity index (χ2v) is 8.06. The van der Waals surface area contributed by atoms with Crippen LogP contribution in [0.2, 0.25) is 5.02 Å². The number of nitrogens with zero attached hydrogens (tertiary/aromatic N) is 3. The van der Waals surface area contributed by atoms with E-state index in [4.69, 9.17) is 11.6 Å². The van der Waals surface area contributed by atoms with Gasteiger partial charge in [0.1, 0.15) is 4.90 Å². The fourth-order valence-corrected chi connectivity index (χ4v) is 4.18. The molecule has 0 N–H and O–H groups in total. The van der Waals surface area contributed by atoms with Gasteiger partial charge in [-0.05, 0) is 23.8 Å². The van der Waals surface area contributed by atoms with Gasteiger partial charge in [0.05, 0.1) is 6.54 Å². The number of likely N-dealkylation sites (N-methyl/N-ethyl adjacent to an activating group) is 2. The van der Waals surface area contributed by atoms with Crippen molar-refractivity contribution >= 4 is 33.4 Å². The maximum Gasteiger partial charge on any atom is 0.285 e. The predicted molar refractivity (Wildman–Crippen MR) is 101 cm³/mol. The Labute approximate surface area is 157 Å². The molecule has 0 atom stereocenters. The highest BCUT2D eigenvalue weighted by Gasteiger charge is 2.31. The van der Waals surface area contributed by atoms with E-state index >= 15 is 0 Å². The zero-order valence-corrected chi connectivity index (χ0v) is 16.0. The normalized spacial score (nSPS) is 14.5. The highest BCUT2D eigenvalue weighted by atomic mass is 35.5. The number of halogens is 1. The average Bonchev–Trinajstić information content (AvgIpc) is 2.89. The number of hydrogen-bond donors (Lipinski definition) is 0. The number of amides is 1. The van der Waals surface area contributed by atoms with Crippen molar-refractivity contribution in [2.45, 2.75) is 11.4 Å². The van der Waals surface area contributed by atoms with E-state index in [0.29, 0.717) is 17.1 Å². The Morgan fingerprint density at radius 2 is 1.73 bits per heavy atom. The number of sulfonamides is 1. The Bertz CT molecular complexity index is 989. The molecule has 0 unspecified atom stereocenters. The molecule has 2 aromatic carbocycles. The van der Waals surface area contributed by atoms with Gasteiger partial charge in [-0.3, -0.25) is 4.79 Å². The van der Waals surface area contributed by atoms with E-state index < -0.39 is 10.0 Å². The highest BCUT2D eigenvalue weighted by molar-refractivity contribution is 7.90. The Kier molecular flexibility index (Phi) is 5.02. The third-order valence-corrected chi connectivity index (χ3v) is 5.83. The summed E-state index contributed by atoms with van der Waals surface area (Å²) < 4.78 is 28.1. The molecule has 0 fully saturated rings. The minimum Gasteiger partial charge on any atom is -0.349 e. The summed E-state index contributed by atoms with van der Waals surface area (Å²) >= 11 is 6.14. The molecule has 3 rings (SSSR count). The van der Waals surface area contributed by atoms with E-state index in [-0.39, 0.29) is 23.2 Å². The maximum atomic E-state index is 12.5. The summed E-state index contributed by atoms with van der Waals surface area (Å²) in [6.07, 6.45) is 0. The summed E-state index contributed by atoms with van der Waals surface area (Å²) in [5.74, 6) is 0.108. The fourth-order valence-electron chi connectivity index (χ4n) is 2.73. The highest BCUT2D eigenvalue weighted by Crippen LogP contribution is 2.27. The van der Waals surface area contributed by atoms with E-state index in [2.05, 4.69) is 4.40 Å². The molecule has 1 amide bonds. The minimum absolute atomic E-state index is 0.00361. The Balaban J connectivity index is 1.73. The topological polar surface area (TPSA) is 70.1 Å². The van der Waals surface area contributed by atoms with E-state index in [1.807, 2.05) is 18.2 Å². The standard InChI is InChI=1S/C18H18ClN3O3S/c1-21(11-13-7-3-5-9-15(13)19)17(23)12-22(2)18-14-8-4-6-10-16(14)26(24,25)20-18/h3-10H,11-12H2,1-2H3. The van der Waals surface area contributed by atoms with Crippen molar-refractivity contribution < 1.29 is 13.2 Å². The Hall–Kier alpha value is -2.38. The molecule has 0 saturated heterocycles. The zero-order chi connectivity index (χ0) is 18.9. The molecular weight excluding hydrogens is 374 g/mol. The molecule has 0 radical (unpaired) electrons. The lowest BCUT2D eigenvalue weighted by atomic mass is 10.2. The van der Waals surface area contributed by atoms with Crippen molar-refractivity contribution in [3.05, 3.63) is 64.7 Å². The Morgan fingerprint density at radius 3 is 2.46 bits per heavy atom. The lowest BCUT2D eigenvalue weighted by Crippen LogP contribution is -2.39. The van der Waals surface area contributed by atoms with Gasteiger partial charge in [0.15, 0.2) is 5.84 Å². The first kappa shape index (κ1) is 18.4. The van der Waals surface area contributed by atoms with Crippen molar-refractivity contribution in [3.8, 4) is 0 Å². The first-order valence-corrected chi connectivity index (χ1v) is 9.74. The summed E-state index contributed by atoms with van der Waals surface area (Å²) in [7, 11) is -0.374. The van der Waals surface area contributed by atoms with E-state index in [0.717, 1.165) is 5.56 Å². The molecule has 0 spiro atoms. The van der Waals surface area contributed by atoms with Crippen LogP contribution in [0.3, 0.4) is 0 Å². The van der Waals surface area contributed by atoms with Crippen LogP contribution >= 0.6 is 11.6 Å². The number of hydrogen-bond acceptors (Lipinski definition) is 4. The second kappa shape index (κ2) is 7.09. The SMILES string of the molecule is CN(Cc1ccccc1Cl)C(=O)CN(C)C1=NS(=O)(=O)c2ccccc21. The summed E-state index contributed by atoms with van der Waals surface area (Å²) in [6.45, 7) is 0.372. The van der Waals surface area contributed by atoms with Gasteiger partial charge >= 0.3 is 0 Å². The fraction of sp³-hybridized carbons (Fsp3) is 0.222. The average molecular weight is 392 g/mol. The Morgan fingerprint density at radius 1 is 1.08 bits per heavy atom. The van der Waals surface area contributed by atoms with Gasteiger partial charge < -0.3 is 9.80 Å². The largest absolute Gasteiger partial charge is 0.349 e. The summed E-state index contributed by atoms with van der Waals surface area (Å²) in [5.41, 5.74) is 1.36. The van der Waals surface area contributed by atoms with Crippen LogP contribution < -0.4 is 0 Å². The molecule has 0 bridgehead atoms. The van der Waals surface area contributed by atoms with Crippen LogP contribution in [0.15, 0.2) is 57.8 Å². The molecular formula is C18H18ClN3O3S. The van der Waals surface area contributed by atoms with Gasteiger partial charge in [0, 0.05) is 31.2 Å². The first-order chi connectivity index (χ1) is 12.3. The van der Waals surface area contributed by atoms with Crippen molar-refractivity contribution in [1.82, 2.24) is 9.80 Å². The van der Waals surface area contributed by atoms with E-state index in [1.165, 1.54) is 6.07 Å². The molecule has 0 aliphatic carbocycles. The monoisotopic (exact) mass is 391 g/mol. The van der Waals surface area contributed by atoms with Crippen LogP contribution in [-0.4, -0.2) is 50.6 Å². The van der Waals surface area contributed by atoms with Gasteiger partial charge in [0.2, 0.25) is 5.91 Å². The van der Waals surface area contributed by atoms with Gasteiger partial charge in [0.25, 0.3) is 10.0 Å². The second-order valence-electron chi connectivity index (χ2n) is 6.08. The van der Waals surface area contributed by atoms with E-state index in [1.54, 1.807) is 48.2 Å². The number of carbonyl (C=O) groups excluding carboxylic acids is 1. The van der Waals surface area contributed by atoms with Crippen molar-refractivity contribution in [2.24, 2.45) is 4.40 Å². The van der Waals surface area contributed by atoms with Gasteiger partial charge in [-0.15, -0.1) is 4.40 Å². The number of rotatable bonds is 4. The summed E-state index contributed by atoms with van der Waals surface area (Å²) in [4.78, 5) is 15.8. The molecule has 8 heteroatoms. The number of benzene rings is 2. The smallest absolute Gasteiger partial charge is 0.285 e. The molecule has 26 heavy (non-hydrogen) atoms. The lowest BCUT2D eigenvalue weighted by Gasteiger charge is -2.23. The van der Waals surface area contributed by atoms with Crippen molar-refractivity contribution in [1.29, 1.82) is 0 Å². The van der Waals surface area contributed by atoms with Crippen LogP contribution in [-0.2, 0) is 21.4 Å². The van der Waals surface area contributed by atoms with Crippen LogP contribution in [0.25, 0.3) is 0 Å². The third-order valence-electron chi connectivity index (χ3n) is 4.14. The van der Waals surface area contributed by atoms with Crippen LogP contribution in [0, 0.1) is 0 Å². The third kappa shape index (κ3) is 3.59. The lowest BCUT2D eigenvalue weighted by molar-refractivity contribution is -0.130. The zero-order valence-electron chi connectivity index (χ0n) is 14.4. The van der Waals surface area contributed by atoms with Crippen molar-refractivity contribution in [2.75, 3.05) is 20.6 Å². The molecule has 1 heterocycles. The van der Waals surface area contributed by atoms with Gasteiger partial charge in [-0.2, -0.15) is 8.42 Å². The summed E-state index contributed by atoms with van der Waals surface area (Å²) in [6, 6.07) is 13.9. The molecule has 136 valence electrons. The molecule has 0 aromatic heterocycles. The molecule has 1 aliphatic rings. The quantitative estimate of drug-likeness (QED) is 0.802. The van der Waals surface area contributed by atoms with Crippen LogP contribution in [0.4, 0.5) is 0 Å². The van der Waals surface area contributed by atoms with Crippen LogP contribution in [0.5, 0.6) is 0 Å². The predicted octanol–water partition coefficient (Wildman–Crippen LogP) is 2.38. The summed E-state index contributed by atoms with van der Waals surface area (Å²) in [5, 5.41) is 0.598. The maximum absolute atomic E-state index is 12.5. The van der Waals surface area contributed by atoms with Crippen LogP contribution in [0.1, 0.15) is 11.1 Å². The van der Waals surface area contributed by atoms with Crippen molar-refractivity contribution in [3.63, 3.8) is 0 Å². The number of fused-ring (bicyclic) bond motifs is 1. The number of amidine groups is 1. The minimum atomic E-state index is -3.71. The molecule has 6 nitrogen and oxygen atoms in total. The van der Waals surface area contributed by atoms with E-state index in [9.17, 15) is 13.2 Å². The van der Waals surface area contributed by atoms with Gasteiger partial charge in [-0.25, -0.2) is 0 Å². The number of carbonyl (C=O) groups is 1. The van der Waals surface area contributed by atoms with Gasteiger partial charge in [-0.1, -0.05) is 41.9 Å². The molecule has 1 aliphatic heterocycles.